The maximum Gasteiger partial charge on any atom is 0.0931 e. The summed E-state index contributed by atoms with van der Waals surface area (Å²) in [5.74, 6) is 0. The van der Waals surface area contributed by atoms with E-state index >= 15 is 0 Å². The molecule has 1 aromatic heterocycles. The van der Waals surface area contributed by atoms with Crippen LogP contribution in [0.4, 0.5) is 0 Å². The lowest BCUT2D eigenvalue weighted by molar-refractivity contribution is 0.366. The highest BCUT2D eigenvalue weighted by Gasteiger charge is 2.00. The number of hydrogen-bond acceptors (Lipinski definition) is 3. The van der Waals surface area contributed by atoms with E-state index in [4.69, 9.17) is 17.3 Å². The first-order chi connectivity index (χ1) is 6.72. The summed E-state index contributed by atoms with van der Waals surface area (Å²) >= 11 is 7.47. The Hall–Kier alpha value is -0.350. The third-order valence-corrected chi connectivity index (χ3v) is 2.99. The first-order valence-electron chi connectivity index (χ1n) is 4.50. The number of nitrogens with two attached hydrogens (primary N) is 1. The summed E-state index contributed by atoms with van der Waals surface area (Å²) in [5, 5.41) is 0. The summed E-state index contributed by atoms with van der Waals surface area (Å²) in [6.45, 7) is 2.47. The second-order valence-electron chi connectivity index (χ2n) is 3.11. The lowest BCUT2D eigenvalue weighted by Gasteiger charge is -2.12. The number of likely N-dealkylation sites (N-methyl/N-ethyl adjacent to an activating group) is 1. The lowest BCUT2D eigenvalue weighted by atomic mass is 10.4. The van der Waals surface area contributed by atoms with E-state index in [-0.39, 0.29) is 0 Å². The molecule has 0 radical (unpaired) electrons. The molecule has 2 N–H and O–H groups in total. The van der Waals surface area contributed by atoms with Gasteiger partial charge < -0.3 is 5.73 Å². The van der Waals surface area contributed by atoms with Crippen LogP contribution < -0.4 is 5.73 Å². The zero-order valence-electron chi connectivity index (χ0n) is 8.24. The van der Waals surface area contributed by atoms with Gasteiger partial charge in [-0.15, -0.1) is 11.3 Å². The third-order valence-electron chi connectivity index (χ3n) is 1.77. The average molecular weight is 231 g/mol. The number of hydrogen-bond donors (Lipinski definition) is 1. The van der Waals surface area contributed by atoms with Crippen LogP contribution in [0.25, 0.3) is 0 Å². The molecule has 0 saturated carbocycles. The summed E-state index contributed by atoms with van der Waals surface area (Å²) in [5.41, 5.74) is 5.35. The molecule has 1 heterocycles. The predicted octanol–water partition coefficient (Wildman–Crippen LogP) is 2.35. The van der Waals surface area contributed by atoms with Gasteiger partial charge in [0.15, 0.2) is 0 Å². The molecule has 0 spiro atoms. The van der Waals surface area contributed by atoms with Crippen molar-refractivity contribution in [3.8, 4) is 0 Å². The van der Waals surface area contributed by atoms with Gasteiger partial charge in [0.2, 0.25) is 0 Å². The van der Waals surface area contributed by atoms with Gasteiger partial charge in [0, 0.05) is 24.5 Å². The maximum absolute atomic E-state index is 5.84. The predicted molar refractivity (Wildman–Crippen MR) is 63.9 cm³/mol. The summed E-state index contributed by atoms with van der Waals surface area (Å²) in [4.78, 5) is 3.51. The van der Waals surface area contributed by atoms with Crippen LogP contribution in [0.5, 0.6) is 0 Å². The van der Waals surface area contributed by atoms with Gasteiger partial charge in [-0.25, -0.2) is 0 Å². The van der Waals surface area contributed by atoms with Gasteiger partial charge in [0.05, 0.1) is 4.34 Å². The quantitative estimate of drug-likeness (QED) is 0.787. The van der Waals surface area contributed by atoms with E-state index in [1.807, 2.05) is 12.1 Å². The van der Waals surface area contributed by atoms with Crippen LogP contribution in [0.3, 0.4) is 0 Å². The smallest absolute Gasteiger partial charge is 0.0931 e. The Kier molecular flexibility index (Phi) is 5.19. The van der Waals surface area contributed by atoms with Gasteiger partial charge in [0.1, 0.15) is 0 Å². The minimum absolute atomic E-state index is 0.610. The first kappa shape index (κ1) is 11.7. The summed E-state index contributed by atoms with van der Waals surface area (Å²) in [6, 6.07) is 4.00. The van der Waals surface area contributed by atoms with Crippen LogP contribution in [-0.4, -0.2) is 25.0 Å². The number of nitrogens with zero attached hydrogens (tertiary/aromatic N) is 1. The van der Waals surface area contributed by atoms with Crippen molar-refractivity contribution >= 4 is 22.9 Å². The second-order valence-corrected chi connectivity index (χ2v) is 4.91. The van der Waals surface area contributed by atoms with Crippen molar-refractivity contribution in [2.24, 2.45) is 5.73 Å². The van der Waals surface area contributed by atoms with Crippen LogP contribution in [0, 0.1) is 0 Å². The molecule has 0 atom stereocenters. The molecule has 0 unspecified atom stereocenters. The molecule has 0 fully saturated rings. The van der Waals surface area contributed by atoms with Gasteiger partial charge in [-0.3, -0.25) is 4.90 Å². The Morgan fingerprint density at radius 3 is 2.86 bits per heavy atom. The van der Waals surface area contributed by atoms with Crippen molar-refractivity contribution in [2.45, 2.75) is 6.54 Å². The molecule has 0 aliphatic carbocycles. The van der Waals surface area contributed by atoms with E-state index in [2.05, 4.69) is 24.1 Å². The Bertz CT molecular complexity index is 296. The Labute approximate surface area is 94.0 Å². The maximum atomic E-state index is 5.84. The standard InChI is InChI=1S/C10H15ClN2S/c1-13(7-3-2-6-12)8-9-4-5-10(11)14-9/h2-5H,6-8,12H2,1H3. The fraction of sp³-hybridized carbons (Fsp3) is 0.400. The normalized spacial score (nSPS) is 11.7. The summed E-state index contributed by atoms with van der Waals surface area (Å²) in [6.07, 6.45) is 4.05. The second kappa shape index (κ2) is 6.19. The highest BCUT2D eigenvalue weighted by Crippen LogP contribution is 2.22. The molecule has 1 aromatic rings. The van der Waals surface area contributed by atoms with Gasteiger partial charge in [-0.05, 0) is 19.2 Å². The van der Waals surface area contributed by atoms with Crippen molar-refractivity contribution in [2.75, 3.05) is 20.1 Å². The Morgan fingerprint density at radius 2 is 2.29 bits per heavy atom. The van der Waals surface area contributed by atoms with E-state index < -0.39 is 0 Å². The summed E-state index contributed by atoms with van der Waals surface area (Å²) < 4.78 is 0.853. The molecule has 0 aliphatic heterocycles. The van der Waals surface area contributed by atoms with E-state index in [1.54, 1.807) is 11.3 Å². The summed E-state index contributed by atoms with van der Waals surface area (Å²) in [7, 11) is 2.08. The Balaban J connectivity index is 2.33. The van der Waals surface area contributed by atoms with E-state index in [9.17, 15) is 0 Å². The topological polar surface area (TPSA) is 29.3 Å². The van der Waals surface area contributed by atoms with Crippen molar-refractivity contribution in [1.82, 2.24) is 4.90 Å². The van der Waals surface area contributed by atoms with Crippen molar-refractivity contribution in [3.05, 3.63) is 33.5 Å². The SMILES string of the molecule is CN(CC=CCN)Cc1ccc(Cl)s1. The first-order valence-corrected chi connectivity index (χ1v) is 5.69. The third kappa shape index (κ3) is 4.24. The average Bonchev–Trinajstić information content (AvgIpc) is 2.52. The van der Waals surface area contributed by atoms with E-state index in [0.29, 0.717) is 6.54 Å². The molecule has 0 bridgehead atoms. The number of thiophene rings is 1. The van der Waals surface area contributed by atoms with Crippen LogP contribution in [0.15, 0.2) is 24.3 Å². The highest BCUT2D eigenvalue weighted by molar-refractivity contribution is 7.16. The van der Waals surface area contributed by atoms with Gasteiger partial charge in [-0.2, -0.15) is 0 Å². The highest BCUT2D eigenvalue weighted by atomic mass is 35.5. The van der Waals surface area contributed by atoms with Crippen molar-refractivity contribution in [3.63, 3.8) is 0 Å². The minimum atomic E-state index is 0.610. The van der Waals surface area contributed by atoms with Gasteiger partial charge in [0.25, 0.3) is 0 Å². The van der Waals surface area contributed by atoms with Gasteiger partial charge in [-0.1, -0.05) is 23.8 Å². The van der Waals surface area contributed by atoms with Crippen LogP contribution in [0.2, 0.25) is 4.34 Å². The molecule has 14 heavy (non-hydrogen) atoms. The van der Waals surface area contributed by atoms with E-state index in [0.717, 1.165) is 17.4 Å². The molecule has 0 amide bonds. The molecule has 78 valence electrons. The zero-order chi connectivity index (χ0) is 10.4. The van der Waals surface area contributed by atoms with E-state index in [1.165, 1.54) is 4.88 Å². The fourth-order valence-electron chi connectivity index (χ4n) is 1.12. The number of halogens is 1. The Morgan fingerprint density at radius 1 is 1.50 bits per heavy atom. The lowest BCUT2D eigenvalue weighted by Crippen LogP contribution is -2.17. The monoisotopic (exact) mass is 230 g/mol. The molecular weight excluding hydrogens is 216 g/mol. The van der Waals surface area contributed by atoms with Crippen LogP contribution in [-0.2, 0) is 6.54 Å². The molecule has 0 aliphatic rings. The van der Waals surface area contributed by atoms with Crippen LogP contribution in [0.1, 0.15) is 4.88 Å². The minimum Gasteiger partial charge on any atom is -0.327 e. The van der Waals surface area contributed by atoms with Crippen molar-refractivity contribution in [1.29, 1.82) is 0 Å². The molecule has 1 rings (SSSR count). The molecule has 0 saturated heterocycles. The molecular formula is C10H15ClN2S. The van der Waals surface area contributed by atoms with Gasteiger partial charge >= 0.3 is 0 Å². The zero-order valence-corrected chi connectivity index (χ0v) is 9.81. The fourth-order valence-corrected chi connectivity index (χ4v) is 2.29. The van der Waals surface area contributed by atoms with Crippen molar-refractivity contribution < 1.29 is 0 Å². The molecule has 0 aromatic carbocycles. The van der Waals surface area contributed by atoms with Crippen LogP contribution >= 0.6 is 22.9 Å². The molecule has 4 heteroatoms. The number of rotatable bonds is 5. The molecule has 2 nitrogen and oxygen atoms in total. The largest absolute Gasteiger partial charge is 0.327 e.